The Bertz CT molecular complexity index is 654. The normalized spacial score (nSPS) is 10.8. The number of nitrogens with zero attached hydrogens (tertiary/aromatic N) is 2. The highest BCUT2D eigenvalue weighted by molar-refractivity contribution is 5.68. The van der Waals surface area contributed by atoms with Gasteiger partial charge in [-0.15, -0.1) is 0 Å². The number of halogens is 2. The molecule has 0 aliphatic heterocycles. The minimum absolute atomic E-state index is 0.122. The molecular weight excluding hydrogens is 260 g/mol. The van der Waals surface area contributed by atoms with Crippen molar-refractivity contribution in [1.82, 2.24) is 9.97 Å². The fourth-order valence-electron chi connectivity index (χ4n) is 2.01. The van der Waals surface area contributed by atoms with Crippen LogP contribution >= 0.6 is 0 Å². The minimum Gasteiger partial charge on any atom is -0.383 e. The van der Waals surface area contributed by atoms with E-state index in [1.807, 2.05) is 6.92 Å². The molecule has 0 radical (unpaired) electrons. The lowest BCUT2D eigenvalue weighted by molar-refractivity contribution is 0.505. The molecule has 1 aromatic carbocycles. The molecule has 2 N–H and O–H groups in total. The van der Waals surface area contributed by atoms with Gasteiger partial charge in [-0.3, -0.25) is 0 Å². The van der Waals surface area contributed by atoms with E-state index in [0.717, 1.165) is 6.42 Å². The van der Waals surface area contributed by atoms with Crippen molar-refractivity contribution in [1.29, 1.82) is 0 Å². The van der Waals surface area contributed by atoms with Crippen molar-refractivity contribution in [2.45, 2.75) is 33.6 Å². The third-order valence-corrected chi connectivity index (χ3v) is 3.23. The second-order valence-corrected chi connectivity index (χ2v) is 4.81. The van der Waals surface area contributed by atoms with Crippen molar-refractivity contribution in [3.63, 3.8) is 0 Å². The van der Waals surface area contributed by atoms with E-state index < -0.39 is 11.6 Å². The van der Waals surface area contributed by atoms with Crippen LogP contribution in [0.3, 0.4) is 0 Å². The molecule has 0 fully saturated rings. The summed E-state index contributed by atoms with van der Waals surface area (Å²) < 4.78 is 27.8. The summed E-state index contributed by atoms with van der Waals surface area (Å²) >= 11 is 0. The molecule has 1 heterocycles. The van der Waals surface area contributed by atoms with Gasteiger partial charge >= 0.3 is 0 Å². The number of nitrogen functional groups attached to an aromatic ring is 1. The van der Waals surface area contributed by atoms with Crippen LogP contribution in [0.1, 0.15) is 30.3 Å². The maximum Gasteiger partial charge on any atom is 0.168 e. The van der Waals surface area contributed by atoms with Gasteiger partial charge < -0.3 is 5.73 Å². The summed E-state index contributed by atoms with van der Waals surface area (Å²) in [6.07, 6.45) is 1.50. The number of rotatable bonds is 3. The van der Waals surface area contributed by atoms with E-state index in [9.17, 15) is 8.78 Å². The van der Waals surface area contributed by atoms with Gasteiger partial charge in [0.2, 0.25) is 0 Å². The van der Waals surface area contributed by atoms with E-state index in [-0.39, 0.29) is 11.1 Å². The van der Waals surface area contributed by atoms with Gasteiger partial charge in [0.1, 0.15) is 11.6 Å². The van der Waals surface area contributed by atoms with Gasteiger partial charge in [-0.05, 0) is 31.9 Å². The van der Waals surface area contributed by atoms with E-state index in [2.05, 4.69) is 9.97 Å². The molecule has 0 bridgehead atoms. The SMILES string of the molecule is CCCc1nc(N)c(C)c(-c2ccc(C)c(F)c2F)n1. The van der Waals surface area contributed by atoms with Crippen molar-refractivity contribution < 1.29 is 8.78 Å². The molecule has 0 saturated carbocycles. The Balaban J connectivity index is 2.66. The number of benzene rings is 1. The fourth-order valence-corrected chi connectivity index (χ4v) is 2.01. The highest BCUT2D eigenvalue weighted by atomic mass is 19.2. The molecule has 0 saturated heterocycles. The lowest BCUT2D eigenvalue weighted by Gasteiger charge is -2.11. The summed E-state index contributed by atoms with van der Waals surface area (Å²) in [6.45, 7) is 5.22. The number of aromatic nitrogens is 2. The van der Waals surface area contributed by atoms with Crippen molar-refractivity contribution in [2.24, 2.45) is 0 Å². The van der Waals surface area contributed by atoms with E-state index in [1.54, 1.807) is 6.92 Å². The van der Waals surface area contributed by atoms with Gasteiger partial charge in [-0.1, -0.05) is 13.0 Å². The first-order valence-corrected chi connectivity index (χ1v) is 6.53. The third kappa shape index (κ3) is 2.48. The monoisotopic (exact) mass is 277 g/mol. The maximum atomic E-state index is 14.1. The number of nitrogens with two attached hydrogens (primary N) is 1. The summed E-state index contributed by atoms with van der Waals surface area (Å²) in [7, 11) is 0. The first-order chi connectivity index (χ1) is 9.45. The van der Waals surface area contributed by atoms with Crippen molar-refractivity contribution >= 4 is 5.82 Å². The lowest BCUT2D eigenvalue weighted by atomic mass is 10.0. The molecule has 1 aromatic heterocycles. The molecule has 20 heavy (non-hydrogen) atoms. The van der Waals surface area contributed by atoms with E-state index in [1.165, 1.54) is 19.1 Å². The van der Waals surface area contributed by atoms with E-state index in [0.29, 0.717) is 29.3 Å². The average molecular weight is 277 g/mol. The molecule has 5 heteroatoms. The largest absolute Gasteiger partial charge is 0.383 e. The summed E-state index contributed by atoms with van der Waals surface area (Å²) in [5.41, 5.74) is 7.15. The molecule has 2 rings (SSSR count). The Hall–Kier alpha value is -2.04. The smallest absolute Gasteiger partial charge is 0.168 e. The number of anilines is 1. The van der Waals surface area contributed by atoms with Crippen LogP contribution in [-0.4, -0.2) is 9.97 Å². The molecular formula is C15H17F2N3. The summed E-state index contributed by atoms with van der Waals surface area (Å²) in [6, 6.07) is 3.06. The molecule has 0 spiro atoms. The van der Waals surface area contributed by atoms with Gasteiger partial charge in [0.15, 0.2) is 11.6 Å². The van der Waals surface area contributed by atoms with Crippen LogP contribution in [0.4, 0.5) is 14.6 Å². The lowest BCUT2D eigenvalue weighted by Crippen LogP contribution is -2.06. The van der Waals surface area contributed by atoms with Crippen LogP contribution in [0.2, 0.25) is 0 Å². The second-order valence-electron chi connectivity index (χ2n) is 4.81. The zero-order valence-electron chi connectivity index (χ0n) is 11.8. The summed E-state index contributed by atoms with van der Waals surface area (Å²) in [5.74, 6) is -0.894. The van der Waals surface area contributed by atoms with Crippen LogP contribution in [0.5, 0.6) is 0 Å². The van der Waals surface area contributed by atoms with Gasteiger partial charge in [-0.25, -0.2) is 18.7 Å². The summed E-state index contributed by atoms with van der Waals surface area (Å²) in [4.78, 5) is 8.50. The number of hydrogen-bond acceptors (Lipinski definition) is 3. The Morgan fingerprint density at radius 3 is 2.45 bits per heavy atom. The zero-order chi connectivity index (χ0) is 14.9. The van der Waals surface area contributed by atoms with Crippen LogP contribution in [0.15, 0.2) is 12.1 Å². The number of aryl methyl sites for hydroxylation is 2. The molecule has 2 aromatic rings. The fraction of sp³-hybridized carbons (Fsp3) is 0.333. The zero-order valence-corrected chi connectivity index (χ0v) is 11.8. The first kappa shape index (κ1) is 14.4. The predicted molar refractivity (Wildman–Crippen MR) is 75.3 cm³/mol. The number of hydrogen-bond donors (Lipinski definition) is 1. The Morgan fingerprint density at radius 2 is 1.80 bits per heavy atom. The highest BCUT2D eigenvalue weighted by Crippen LogP contribution is 2.29. The van der Waals surface area contributed by atoms with Crippen molar-refractivity contribution in [3.05, 3.63) is 40.7 Å². The topological polar surface area (TPSA) is 51.8 Å². The standard InChI is InChI=1S/C15H17F2N3/c1-4-5-11-19-14(9(3)15(18)20-11)10-7-6-8(2)12(16)13(10)17/h6-7H,4-5H2,1-3H3,(H2,18,19,20). The molecule has 0 atom stereocenters. The van der Waals surface area contributed by atoms with E-state index in [4.69, 9.17) is 5.73 Å². The Labute approximate surface area is 116 Å². The molecule has 0 unspecified atom stereocenters. The average Bonchev–Trinajstić information content (AvgIpc) is 2.41. The second kappa shape index (κ2) is 5.53. The quantitative estimate of drug-likeness (QED) is 0.933. The molecule has 0 aliphatic rings. The first-order valence-electron chi connectivity index (χ1n) is 6.53. The van der Waals surface area contributed by atoms with Gasteiger partial charge in [0, 0.05) is 17.5 Å². The molecule has 3 nitrogen and oxygen atoms in total. The molecule has 0 amide bonds. The van der Waals surface area contributed by atoms with Gasteiger partial charge in [0.05, 0.1) is 5.69 Å². The predicted octanol–water partition coefficient (Wildman–Crippen LogP) is 3.57. The van der Waals surface area contributed by atoms with E-state index >= 15 is 0 Å². The van der Waals surface area contributed by atoms with Gasteiger partial charge in [0.25, 0.3) is 0 Å². The third-order valence-electron chi connectivity index (χ3n) is 3.23. The Kier molecular flexibility index (Phi) is 3.97. The van der Waals surface area contributed by atoms with Crippen LogP contribution < -0.4 is 5.73 Å². The summed E-state index contributed by atoms with van der Waals surface area (Å²) in [5, 5.41) is 0. The van der Waals surface area contributed by atoms with Crippen molar-refractivity contribution in [2.75, 3.05) is 5.73 Å². The van der Waals surface area contributed by atoms with Crippen LogP contribution in [0.25, 0.3) is 11.3 Å². The maximum absolute atomic E-state index is 14.1. The van der Waals surface area contributed by atoms with Crippen LogP contribution in [0, 0.1) is 25.5 Å². The Morgan fingerprint density at radius 1 is 1.10 bits per heavy atom. The van der Waals surface area contributed by atoms with Gasteiger partial charge in [-0.2, -0.15) is 0 Å². The highest BCUT2D eigenvalue weighted by Gasteiger charge is 2.17. The molecule has 106 valence electrons. The van der Waals surface area contributed by atoms with Crippen LogP contribution in [-0.2, 0) is 6.42 Å². The minimum atomic E-state index is -0.895. The van der Waals surface area contributed by atoms with Crippen molar-refractivity contribution in [3.8, 4) is 11.3 Å². The molecule has 0 aliphatic carbocycles.